The van der Waals surface area contributed by atoms with E-state index in [4.69, 9.17) is 13.6 Å². The van der Waals surface area contributed by atoms with Gasteiger partial charge in [0.05, 0.1) is 6.20 Å². The fourth-order valence-electron chi connectivity index (χ4n) is 6.83. The Kier molecular flexibility index (Phi) is 7.35. The van der Waals surface area contributed by atoms with Crippen LogP contribution in [0.4, 0.5) is 18.9 Å². The second-order valence-corrected chi connectivity index (χ2v) is 12.8. The lowest BCUT2D eigenvalue weighted by molar-refractivity contribution is -0.152. The van der Waals surface area contributed by atoms with Gasteiger partial charge >= 0.3 is 6.18 Å². The molecule has 252 valence electrons. The number of halogens is 3. The maximum Gasteiger partial charge on any atom is 0.451 e. The van der Waals surface area contributed by atoms with E-state index in [9.17, 15) is 27.9 Å². The number of para-hydroxylation sites is 1. The third-order valence-electron chi connectivity index (χ3n) is 9.62. The summed E-state index contributed by atoms with van der Waals surface area (Å²) in [6.45, 7) is 7.01. The number of hydrogen-bond donors (Lipinski definition) is 4. The topological polar surface area (TPSA) is 152 Å². The third kappa shape index (κ3) is 4.75. The van der Waals surface area contributed by atoms with Crippen LogP contribution in [0.2, 0.25) is 0 Å². The molecule has 0 saturated carbocycles. The average Bonchev–Trinajstić information content (AvgIpc) is 3.83. The van der Waals surface area contributed by atoms with Crippen LogP contribution in [-0.2, 0) is 27.6 Å². The summed E-state index contributed by atoms with van der Waals surface area (Å²) in [7, 11) is 0. The molecule has 1 spiro atoms. The van der Waals surface area contributed by atoms with Crippen LogP contribution in [0.3, 0.4) is 0 Å². The van der Waals surface area contributed by atoms with Crippen LogP contribution >= 0.6 is 0 Å². The fraction of sp³-hybridized carbons (Fsp3) is 0.412. The van der Waals surface area contributed by atoms with E-state index in [2.05, 4.69) is 25.9 Å². The van der Waals surface area contributed by atoms with Gasteiger partial charge in [-0.05, 0) is 42.0 Å². The standard InChI is InChI=1S/C34H34F3N5O6/c1-5-32(45,6-2)30(44)39-21-14-17-11-12-22-19(13-17)33(18-9-7-8-10-20(18)40-31(33)46-22)26-25(28-38-15-23(47-28)34(35,36)37)42-29(48-26)24(16(3)4)41-27(21)43/h7-13,15-16,21,24,31,40,45H,5-6,14H2,1-4H3,(H,39,44)(H,41,43)/t21-,24-,31?,33?/m0/s1. The van der Waals surface area contributed by atoms with Gasteiger partial charge in [0.25, 0.3) is 5.91 Å². The maximum atomic E-state index is 14.0. The Balaban J connectivity index is 1.48. The van der Waals surface area contributed by atoms with Gasteiger partial charge in [0.2, 0.25) is 23.4 Å². The monoisotopic (exact) mass is 665 g/mol. The predicted molar refractivity (Wildman–Crippen MR) is 165 cm³/mol. The molecule has 4 N–H and O–H groups in total. The zero-order valence-electron chi connectivity index (χ0n) is 26.6. The van der Waals surface area contributed by atoms with Gasteiger partial charge in [0, 0.05) is 17.7 Å². The van der Waals surface area contributed by atoms with Gasteiger partial charge in [-0.2, -0.15) is 13.2 Å². The lowest BCUT2D eigenvalue weighted by Gasteiger charge is -2.30. The van der Waals surface area contributed by atoms with Gasteiger partial charge < -0.3 is 34.6 Å². The van der Waals surface area contributed by atoms with Crippen LogP contribution in [0.25, 0.3) is 11.6 Å². The molecule has 4 atom stereocenters. The molecule has 0 radical (unpaired) electrons. The second kappa shape index (κ2) is 11.1. The van der Waals surface area contributed by atoms with Crippen molar-refractivity contribution < 1.29 is 41.4 Å². The van der Waals surface area contributed by atoms with Gasteiger partial charge in [0.1, 0.15) is 28.8 Å². The number of oxazole rings is 2. The number of anilines is 1. The average molecular weight is 666 g/mol. The van der Waals surface area contributed by atoms with E-state index in [1.165, 1.54) is 0 Å². The van der Waals surface area contributed by atoms with Crippen LogP contribution in [0, 0.1) is 5.92 Å². The summed E-state index contributed by atoms with van der Waals surface area (Å²) in [5.74, 6) is -2.68. The van der Waals surface area contributed by atoms with E-state index in [0.29, 0.717) is 23.1 Å². The summed E-state index contributed by atoms with van der Waals surface area (Å²) >= 11 is 0. The summed E-state index contributed by atoms with van der Waals surface area (Å²) in [5.41, 5.74) is -0.330. The molecule has 2 aromatic heterocycles. The van der Waals surface area contributed by atoms with Crippen LogP contribution in [0.5, 0.6) is 5.75 Å². The van der Waals surface area contributed by atoms with Gasteiger partial charge in [-0.3, -0.25) is 9.59 Å². The number of nitrogens with zero attached hydrogens (tertiary/aromatic N) is 2. The minimum absolute atomic E-state index is 0.00138. The number of aliphatic hydroxyl groups is 1. The van der Waals surface area contributed by atoms with Crippen molar-refractivity contribution in [2.24, 2.45) is 5.92 Å². The van der Waals surface area contributed by atoms with E-state index < -0.39 is 59.0 Å². The lowest BCUT2D eigenvalue weighted by atomic mass is 9.72. The number of carbonyl (C=O) groups is 2. The number of aromatic nitrogens is 2. The molecular formula is C34H34F3N5O6. The fourth-order valence-corrected chi connectivity index (χ4v) is 6.83. The molecular weight excluding hydrogens is 631 g/mol. The lowest BCUT2D eigenvalue weighted by Crippen LogP contribution is -2.55. The molecule has 2 amide bonds. The van der Waals surface area contributed by atoms with Crippen molar-refractivity contribution >= 4 is 17.5 Å². The first-order valence-corrected chi connectivity index (χ1v) is 15.8. The largest absolute Gasteiger partial charge is 0.469 e. The SMILES string of the molecule is CCC(O)(CC)C(=O)N[C@H]1Cc2ccc3c(c2)C2(c4ccccc4NC2O3)c2oc(nc2-c2ncc(C(F)(F)F)o2)[C@H](C(C)C)NC1=O. The zero-order valence-corrected chi connectivity index (χ0v) is 26.6. The zero-order chi connectivity index (χ0) is 34.2. The van der Waals surface area contributed by atoms with Crippen molar-refractivity contribution in [3.63, 3.8) is 0 Å². The van der Waals surface area contributed by atoms with Crippen molar-refractivity contribution in [1.29, 1.82) is 0 Å². The van der Waals surface area contributed by atoms with Crippen molar-refractivity contribution in [2.45, 2.75) is 82.5 Å². The predicted octanol–water partition coefficient (Wildman–Crippen LogP) is 5.23. The van der Waals surface area contributed by atoms with E-state index in [1.54, 1.807) is 26.0 Å². The summed E-state index contributed by atoms with van der Waals surface area (Å²) in [4.78, 5) is 36.0. The van der Waals surface area contributed by atoms with Gasteiger partial charge in [-0.25, -0.2) is 9.97 Å². The molecule has 11 nitrogen and oxygen atoms in total. The molecule has 3 aliphatic heterocycles. The number of carbonyl (C=O) groups excluding carboxylic acids is 2. The van der Waals surface area contributed by atoms with Crippen molar-refractivity contribution in [3.05, 3.63) is 82.8 Å². The van der Waals surface area contributed by atoms with Gasteiger partial charge in [-0.1, -0.05) is 58.0 Å². The Bertz CT molecular complexity index is 1910. The first-order valence-electron chi connectivity index (χ1n) is 15.8. The highest BCUT2D eigenvalue weighted by molar-refractivity contribution is 5.91. The second-order valence-electron chi connectivity index (χ2n) is 12.8. The number of alkyl halides is 3. The van der Waals surface area contributed by atoms with E-state index in [-0.39, 0.29) is 42.5 Å². The Morgan fingerprint density at radius 1 is 1.10 bits per heavy atom. The first-order chi connectivity index (χ1) is 22.8. The van der Waals surface area contributed by atoms with Crippen molar-refractivity contribution in [3.8, 4) is 17.3 Å². The van der Waals surface area contributed by atoms with E-state index in [1.807, 2.05) is 44.2 Å². The Labute approximate surface area is 273 Å². The smallest absolute Gasteiger partial charge is 0.451 e. The molecule has 0 saturated heterocycles. The van der Waals surface area contributed by atoms with Crippen molar-refractivity contribution in [2.75, 3.05) is 5.32 Å². The van der Waals surface area contributed by atoms with E-state index >= 15 is 0 Å². The van der Waals surface area contributed by atoms with Crippen molar-refractivity contribution in [1.82, 2.24) is 20.6 Å². The summed E-state index contributed by atoms with van der Waals surface area (Å²) < 4.78 is 59.4. The Hall–Kier alpha value is -4.85. The van der Waals surface area contributed by atoms with E-state index in [0.717, 1.165) is 11.3 Å². The van der Waals surface area contributed by atoms with Gasteiger partial charge in [0.15, 0.2) is 17.7 Å². The van der Waals surface area contributed by atoms with Crippen LogP contribution < -0.4 is 20.7 Å². The molecule has 2 aromatic carbocycles. The number of ether oxygens (including phenoxy) is 1. The van der Waals surface area contributed by atoms with Gasteiger partial charge in [-0.15, -0.1) is 0 Å². The molecule has 7 rings (SSSR count). The number of amides is 2. The number of nitrogens with one attached hydrogen (secondary N) is 3. The molecule has 14 heteroatoms. The highest BCUT2D eigenvalue weighted by Gasteiger charge is 2.61. The molecule has 4 bridgehead atoms. The molecule has 5 heterocycles. The molecule has 0 fully saturated rings. The minimum atomic E-state index is -4.80. The summed E-state index contributed by atoms with van der Waals surface area (Å²) in [6, 6.07) is 10.8. The quantitative estimate of drug-likeness (QED) is 0.217. The molecule has 4 aromatic rings. The van der Waals surface area contributed by atoms with Crippen LogP contribution in [0.1, 0.15) is 80.7 Å². The van der Waals surface area contributed by atoms with Crippen LogP contribution in [-0.4, -0.2) is 44.8 Å². The first kappa shape index (κ1) is 31.7. The summed E-state index contributed by atoms with van der Waals surface area (Å²) in [5, 5.41) is 20.0. The molecule has 2 unspecified atom stereocenters. The number of hydrogen-bond acceptors (Lipinski definition) is 9. The maximum absolute atomic E-state index is 14.0. The number of rotatable bonds is 6. The normalized spacial score (nSPS) is 22.9. The molecule has 48 heavy (non-hydrogen) atoms. The number of benzene rings is 2. The van der Waals surface area contributed by atoms with Crippen LogP contribution in [0.15, 0.2) is 57.5 Å². The molecule has 0 aliphatic carbocycles. The Morgan fingerprint density at radius 2 is 1.85 bits per heavy atom. The number of fused-ring (bicyclic) bond motifs is 4. The minimum Gasteiger partial charge on any atom is -0.469 e. The highest BCUT2D eigenvalue weighted by Crippen LogP contribution is 2.59. The highest BCUT2D eigenvalue weighted by atomic mass is 19.4. The summed E-state index contributed by atoms with van der Waals surface area (Å²) in [6.07, 6.45) is -4.66. The Morgan fingerprint density at radius 3 is 2.54 bits per heavy atom. The molecule has 3 aliphatic rings. The third-order valence-corrected chi connectivity index (χ3v) is 9.62.